The number of nitrogens with zero attached hydrogens (tertiary/aromatic N) is 2. The van der Waals surface area contributed by atoms with E-state index in [1.165, 1.54) is 18.6 Å². The first-order chi connectivity index (χ1) is 13.9. The molecule has 1 saturated carbocycles. The Morgan fingerprint density at radius 1 is 1.17 bits per heavy atom. The summed E-state index contributed by atoms with van der Waals surface area (Å²) in [5.41, 5.74) is -0.986. The van der Waals surface area contributed by atoms with E-state index < -0.39 is 11.7 Å². The second-order valence-corrected chi connectivity index (χ2v) is 7.74. The molecule has 1 aromatic carbocycles. The fourth-order valence-electron chi connectivity index (χ4n) is 3.99. The first-order valence-electron chi connectivity index (χ1n) is 10.1. The fourth-order valence-corrected chi connectivity index (χ4v) is 3.99. The van der Waals surface area contributed by atoms with Crippen molar-refractivity contribution in [2.75, 3.05) is 25.0 Å². The van der Waals surface area contributed by atoms with Gasteiger partial charge < -0.3 is 15.0 Å². The summed E-state index contributed by atoms with van der Waals surface area (Å²) in [5, 5.41) is 12.0. The summed E-state index contributed by atoms with van der Waals surface area (Å²) in [6.45, 7) is 1.20. The van der Waals surface area contributed by atoms with Crippen LogP contribution in [-0.4, -0.2) is 42.6 Å². The molecule has 3 rings (SSSR count). The highest BCUT2D eigenvalue weighted by Crippen LogP contribution is 2.34. The van der Waals surface area contributed by atoms with E-state index in [0.29, 0.717) is 31.6 Å². The van der Waals surface area contributed by atoms with Crippen LogP contribution in [0.25, 0.3) is 0 Å². The van der Waals surface area contributed by atoms with Crippen LogP contribution in [0, 0.1) is 11.3 Å². The maximum Gasteiger partial charge on any atom is 0.417 e. The zero-order valence-corrected chi connectivity index (χ0v) is 16.3. The van der Waals surface area contributed by atoms with E-state index in [1.54, 1.807) is 11.0 Å². The number of hydrogen-bond acceptors (Lipinski definition) is 4. The van der Waals surface area contributed by atoms with Gasteiger partial charge in [-0.15, -0.1) is 0 Å². The van der Waals surface area contributed by atoms with Gasteiger partial charge in [0.15, 0.2) is 0 Å². The first-order valence-corrected chi connectivity index (χ1v) is 10.1. The summed E-state index contributed by atoms with van der Waals surface area (Å²) in [5.74, 6) is -0.0215. The van der Waals surface area contributed by atoms with Crippen molar-refractivity contribution in [1.29, 1.82) is 5.26 Å². The molecule has 1 amide bonds. The van der Waals surface area contributed by atoms with Gasteiger partial charge in [0.05, 0.1) is 23.3 Å². The normalized spacial score (nSPS) is 19.0. The number of nitriles is 1. The standard InChI is InChI=1S/C21H26F3N3O2/c22-21(23,24)19-12-17(7-6-15(19)13-25)26-16-8-10-27(11-9-16)20(28)14-29-18-4-2-1-3-5-18/h6-7,12,16,18,26H,1-5,8-11,14H2. The molecule has 29 heavy (non-hydrogen) atoms. The predicted octanol–water partition coefficient (Wildman–Crippen LogP) is 4.33. The maximum atomic E-state index is 13.1. The molecule has 1 heterocycles. The molecule has 0 bridgehead atoms. The van der Waals surface area contributed by atoms with Gasteiger partial charge in [-0.25, -0.2) is 0 Å². The molecular weight excluding hydrogens is 383 g/mol. The quantitative estimate of drug-likeness (QED) is 0.786. The van der Waals surface area contributed by atoms with Gasteiger partial charge in [0, 0.05) is 24.8 Å². The lowest BCUT2D eigenvalue weighted by Gasteiger charge is -2.33. The topological polar surface area (TPSA) is 65.4 Å². The molecule has 2 fully saturated rings. The van der Waals surface area contributed by atoms with Crippen LogP contribution in [0.15, 0.2) is 18.2 Å². The summed E-state index contributed by atoms with van der Waals surface area (Å²) in [6, 6.07) is 5.22. The minimum absolute atomic E-state index is 0.0210. The molecule has 1 aliphatic carbocycles. The predicted molar refractivity (Wildman–Crippen MR) is 102 cm³/mol. The average Bonchev–Trinajstić information content (AvgIpc) is 2.72. The van der Waals surface area contributed by atoms with E-state index in [-0.39, 0.29) is 30.2 Å². The summed E-state index contributed by atoms with van der Waals surface area (Å²) >= 11 is 0. The van der Waals surface area contributed by atoms with E-state index in [2.05, 4.69) is 5.32 Å². The highest BCUT2D eigenvalue weighted by Gasteiger charge is 2.34. The van der Waals surface area contributed by atoms with Crippen molar-refractivity contribution in [3.63, 3.8) is 0 Å². The second kappa shape index (κ2) is 9.49. The van der Waals surface area contributed by atoms with Gasteiger partial charge in [-0.1, -0.05) is 19.3 Å². The number of likely N-dealkylation sites (tertiary alicyclic amines) is 1. The molecule has 158 valence electrons. The average molecular weight is 409 g/mol. The molecule has 1 aromatic rings. The lowest BCUT2D eigenvalue weighted by molar-refractivity contribution is -0.140. The smallest absolute Gasteiger partial charge is 0.382 e. The van der Waals surface area contributed by atoms with Gasteiger partial charge in [-0.2, -0.15) is 18.4 Å². The van der Waals surface area contributed by atoms with Gasteiger partial charge in [0.25, 0.3) is 0 Å². The molecule has 5 nitrogen and oxygen atoms in total. The van der Waals surface area contributed by atoms with Crippen molar-refractivity contribution in [2.45, 2.75) is 63.3 Å². The van der Waals surface area contributed by atoms with Gasteiger partial charge in [-0.05, 0) is 43.9 Å². The number of hydrogen-bond donors (Lipinski definition) is 1. The van der Waals surface area contributed by atoms with Gasteiger partial charge in [0.1, 0.15) is 6.61 Å². The molecular formula is C21H26F3N3O2. The number of amides is 1. The van der Waals surface area contributed by atoms with Crippen LogP contribution < -0.4 is 5.32 Å². The Morgan fingerprint density at radius 2 is 1.86 bits per heavy atom. The highest BCUT2D eigenvalue weighted by atomic mass is 19.4. The number of carbonyl (C=O) groups is 1. The van der Waals surface area contributed by atoms with E-state index >= 15 is 0 Å². The molecule has 2 aliphatic rings. The Hall–Kier alpha value is -2.27. The van der Waals surface area contributed by atoms with Crippen LogP contribution in [-0.2, 0) is 15.7 Å². The molecule has 8 heteroatoms. The molecule has 0 radical (unpaired) electrons. The van der Waals surface area contributed by atoms with Crippen molar-refractivity contribution in [3.8, 4) is 6.07 Å². The number of piperidine rings is 1. The number of carbonyl (C=O) groups excluding carboxylic acids is 1. The number of halogens is 3. The third-order valence-corrected chi connectivity index (χ3v) is 5.66. The Balaban J connectivity index is 1.48. The summed E-state index contributed by atoms with van der Waals surface area (Å²) in [4.78, 5) is 14.1. The molecule has 0 aromatic heterocycles. The zero-order valence-electron chi connectivity index (χ0n) is 16.3. The minimum atomic E-state index is -4.57. The lowest BCUT2D eigenvalue weighted by atomic mass is 9.98. The zero-order chi connectivity index (χ0) is 20.9. The van der Waals surface area contributed by atoms with Gasteiger partial charge >= 0.3 is 6.18 Å². The largest absolute Gasteiger partial charge is 0.417 e. The SMILES string of the molecule is N#Cc1ccc(NC2CCN(C(=O)COC3CCCCC3)CC2)cc1C(F)(F)F. The number of benzene rings is 1. The van der Waals surface area contributed by atoms with Crippen LogP contribution >= 0.6 is 0 Å². The van der Waals surface area contributed by atoms with E-state index in [4.69, 9.17) is 10.00 Å². The number of rotatable bonds is 5. The van der Waals surface area contributed by atoms with Crippen molar-refractivity contribution >= 4 is 11.6 Å². The van der Waals surface area contributed by atoms with Gasteiger partial charge in [-0.3, -0.25) is 4.79 Å². The van der Waals surface area contributed by atoms with Crippen LogP contribution in [0.1, 0.15) is 56.1 Å². The lowest BCUT2D eigenvalue weighted by Crippen LogP contribution is -2.44. The highest BCUT2D eigenvalue weighted by molar-refractivity contribution is 5.77. The number of anilines is 1. The number of nitrogens with one attached hydrogen (secondary N) is 1. The van der Waals surface area contributed by atoms with Crippen LogP contribution in [0.5, 0.6) is 0 Å². The van der Waals surface area contributed by atoms with Crippen molar-refractivity contribution in [3.05, 3.63) is 29.3 Å². The third kappa shape index (κ3) is 5.86. The van der Waals surface area contributed by atoms with Crippen molar-refractivity contribution in [1.82, 2.24) is 4.90 Å². The van der Waals surface area contributed by atoms with Crippen LogP contribution in [0.2, 0.25) is 0 Å². The Morgan fingerprint density at radius 3 is 2.48 bits per heavy atom. The fraction of sp³-hybridized carbons (Fsp3) is 0.619. The summed E-state index contributed by atoms with van der Waals surface area (Å²) in [6.07, 6.45) is 2.49. The molecule has 1 N–H and O–H groups in total. The van der Waals surface area contributed by atoms with Crippen LogP contribution in [0.4, 0.5) is 18.9 Å². The monoisotopic (exact) mass is 409 g/mol. The minimum Gasteiger partial charge on any atom is -0.382 e. The summed E-state index contributed by atoms with van der Waals surface area (Å²) < 4.78 is 45.1. The summed E-state index contributed by atoms with van der Waals surface area (Å²) in [7, 11) is 0. The molecule has 1 saturated heterocycles. The maximum absolute atomic E-state index is 13.1. The molecule has 0 spiro atoms. The van der Waals surface area contributed by atoms with Gasteiger partial charge in [0.2, 0.25) is 5.91 Å². The third-order valence-electron chi connectivity index (χ3n) is 5.66. The number of ether oxygens (including phenoxy) is 1. The molecule has 0 atom stereocenters. The Labute approximate surface area is 168 Å². The molecule has 1 aliphatic heterocycles. The van der Waals surface area contributed by atoms with E-state index in [1.807, 2.05) is 0 Å². The van der Waals surface area contributed by atoms with Crippen molar-refractivity contribution < 1.29 is 22.7 Å². The van der Waals surface area contributed by atoms with E-state index in [0.717, 1.165) is 31.7 Å². The van der Waals surface area contributed by atoms with Crippen LogP contribution in [0.3, 0.4) is 0 Å². The second-order valence-electron chi connectivity index (χ2n) is 7.74. The van der Waals surface area contributed by atoms with Crippen molar-refractivity contribution in [2.24, 2.45) is 0 Å². The van der Waals surface area contributed by atoms with E-state index in [9.17, 15) is 18.0 Å². The Bertz CT molecular complexity index is 747. The number of alkyl halides is 3. The Kier molecular flexibility index (Phi) is 7.01. The first kappa shape index (κ1) is 21.4. The molecule has 0 unspecified atom stereocenters.